The molecule has 0 atom stereocenters. The van der Waals surface area contributed by atoms with Crippen LogP contribution in [0.15, 0.2) is 88.4 Å². The first kappa shape index (κ1) is 31.2. The summed E-state index contributed by atoms with van der Waals surface area (Å²) in [7, 11) is 1.63. The normalized spacial score (nSPS) is 13.6. The molecular weight excluding hydrogens is 596 g/mol. The number of hydrogen-bond donors (Lipinski definition) is 2. The molecule has 1 fully saturated rings. The number of methoxy groups -OCH3 is 1. The molecule has 5 aromatic rings. The molecule has 240 valence electrons. The van der Waals surface area contributed by atoms with Crippen molar-refractivity contribution in [3.63, 3.8) is 0 Å². The minimum absolute atomic E-state index is 0.0814. The summed E-state index contributed by atoms with van der Waals surface area (Å²) in [4.78, 5) is 27.1. The molecule has 2 N–H and O–H groups in total. The van der Waals surface area contributed by atoms with Crippen molar-refractivity contribution in [1.82, 2.24) is 15.0 Å². The zero-order valence-electron chi connectivity index (χ0n) is 26.5. The average molecular weight is 633 g/mol. The predicted molar refractivity (Wildman–Crippen MR) is 183 cm³/mol. The second-order valence-corrected chi connectivity index (χ2v) is 11.5. The molecule has 0 saturated carbocycles. The summed E-state index contributed by atoms with van der Waals surface area (Å²) in [5.74, 6) is 3.67. The fraction of sp³-hybridized carbons (Fsp3) is 0.257. The Balaban J connectivity index is 1.18. The van der Waals surface area contributed by atoms with Crippen LogP contribution in [0.3, 0.4) is 0 Å². The highest BCUT2D eigenvalue weighted by Gasteiger charge is 2.23. The Hall–Kier alpha value is -5.78. The molecule has 0 spiro atoms. The van der Waals surface area contributed by atoms with Crippen molar-refractivity contribution in [2.45, 2.75) is 33.1 Å². The molecule has 0 radical (unpaired) electrons. The van der Waals surface area contributed by atoms with E-state index in [0.29, 0.717) is 34.9 Å². The molecule has 3 aromatic carbocycles. The molecule has 47 heavy (non-hydrogen) atoms. The molecule has 1 aliphatic rings. The number of piperidine rings is 1. The van der Waals surface area contributed by atoms with Gasteiger partial charge in [0, 0.05) is 36.0 Å². The van der Waals surface area contributed by atoms with Crippen molar-refractivity contribution in [2.75, 3.05) is 35.8 Å². The van der Waals surface area contributed by atoms with Gasteiger partial charge in [0.2, 0.25) is 17.8 Å². The number of furan rings is 1. The van der Waals surface area contributed by atoms with Crippen molar-refractivity contribution in [3.05, 3.63) is 111 Å². The Morgan fingerprint density at radius 3 is 2.43 bits per heavy atom. The second-order valence-electron chi connectivity index (χ2n) is 11.5. The number of rotatable bonds is 11. The van der Waals surface area contributed by atoms with Gasteiger partial charge in [-0.2, -0.15) is 20.1 Å². The van der Waals surface area contributed by atoms with Crippen molar-refractivity contribution < 1.29 is 14.1 Å². The Kier molecular flexibility index (Phi) is 9.37. The van der Waals surface area contributed by atoms with E-state index >= 15 is 0 Å². The van der Waals surface area contributed by atoms with E-state index in [-0.39, 0.29) is 16.6 Å². The van der Waals surface area contributed by atoms with E-state index in [1.165, 1.54) is 17.8 Å². The van der Waals surface area contributed by atoms with Crippen LogP contribution < -0.4 is 20.4 Å². The smallest absolute Gasteiger partial charge is 0.272 e. The van der Waals surface area contributed by atoms with Gasteiger partial charge in [-0.15, -0.1) is 0 Å². The van der Waals surface area contributed by atoms with Crippen LogP contribution in [0.2, 0.25) is 0 Å². The molecule has 0 bridgehead atoms. The molecule has 0 amide bonds. The van der Waals surface area contributed by atoms with Crippen LogP contribution in [-0.4, -0.2) is 46.3 Å². The molecule has 3 heterocycles. The Bertz CT molecular complexity index is 1870. The van der Waals surface area contributed by atoms with Crippen LogP contribution >= 0.6 is 0 Å². The van der Waals surface area contributed by atoms with Gasteiger partial charge < -0.3 is 19.4 Å². The average Bonchev–Trinajstić information content (AvgIpc) is 3.55. The second kappa shape index (κ2) is 14.1. The molecule has 6 rings (SSSR count). The van der Waals surface area contributed by atoms with Crippen LogP contribution in [0.25, 0.3) is 11.3 Å². The number of benzene rings is 3. The lowest BCUT2D eigenvalue weighted by Gasteiger charge is -2.32. The third-order valence-electron chi connectivity index (χ3n) is 8.44. The highest BCUT2D eigenvalue weighted by molar-refractivity contribution is 5.78. The third-order valence-corrected chi connectivity index (χ3v) is 8.44. The van der Waals surface area contributed by atoms with E-state index in [1.54, 1.807) is 26.2 Å². The fourth-order valence-corrected chi connectivity index (χ4v) is 5.69. The Morgan fingerprint density at radius 1 is 0.957 bits per heavy atom. The zero-order valence-corrected chi connectivity index (χ0v) is 26.5. The predicted octanol–water partition coefficient (Wildman–Crippen LogP) is 7.31. The van der Waals surface area contributed by atoms with Gasteiger partial charge in [-0.25, -0.2) is 5.43 Å². The molecule has 1 aliphatic heterocycles. The molecule has 0 unspecified atom stereocenters. The lowest BCUT2D eigenvalue weighted by Crippen LogP contribution is -2.35. The maximum Gasteiger partial charge on any atom is 0.272 e. The van der Waals surface area contributed by atoms with E-state index in [4.69, 9.17) is 19.1 Å². The van der Waals surface area contributed by atoms with Crippen LogP contribution in [0.5, 0.6) is 5.75 Å². The van der Waals surface area contributed by atoms with Crippen molar-refractivity contribution in [3.8, 4) is 17.1 Å². The number of anilines is 4. The summed E-state index contributed by atoms with van der Waals surface area (Å²) >= 11 is 0. The summed E-state index contributed by atoms with van der Waals surface area (Å²) in [6.45, 7) is 5.25. The number of nitro benzene ring substituents is 1. The van der Waals surface area contributed by atoms with E-state index in [2.05, 4.69) is 56.1 Å². The number of ether oxygens (including phenoxy) is 1. The zero-order chi connectivity index (χ0) is 32.8. The van der Waals surface area contributed by atoms with Gasteiger partial charge in [-0.05, 0) is 92.6 Å². The maximum absolute atomic E-state index is 11.3. The first-order chi connectivity index (χ1) is 22.9. The van der Waals surface area contributed by atoms with Crippen LogP contribution in [0, 0.1) is 29.9 Å². The van der Waals surface area contributed by atoms with Crippen molar-refractivity contribution in [2.24, 2.45) is 11.0 Å². The van der Waals surface area contributed by atoms with Gasteiger partial charge in [-0.3, -0.25) is 10.1 Å². The monoisotopic (exact) mass is 632 g/mol. The molecule has 1 saturated heterocycles. The Labute approximate surface area is 272 Å². The van der Waals surface area contributed by atoms with Gasteiger partial charge in [0.05, 0.1) is 18.2 Å². The standard InChI is InChI=1S/C35H36N8O4/c1-23-24(2)31(43(44)45)15-14-30(23)32-16-13-29(47-32)22-36-41-34-38-33(37-27-9-11-28(46-3)12-10-27)39-35(40-34)42-19-17-26(18-20-42)21-25-7-5-4-6-8-25/h4-16,22,26H,17-21H2,1-3H3,(H2,37,38,39,40,41)/b36-22-. The highest BCUT2D eigenvalue weighted by atomic mass is 16.6. The largest absolute Gasteiger partial charge is 0.497 e. The summed E-state index contributed by atoms with van der Waals surface area (Å²) < 4.78 is 11.3. The topological polar surface area (TPSA) is 144 Å². The van der Waals surface area contributed by atoms with Crippen LogP contribution in [0.1, 0.15) is 35.3 Å². The first-order valence-corrected chi connectivity index (χ1v) is 15.5. The van der Waals surface area contributed by atoms with Gasteiger partial charge in [0.25, 0.3) is 5.69 Å². The van der Waals surface area contributed by atoms with E-state index in [1.807, 2.05) is 37.3 Å². The quantitative estimate of drug-likeness (QED) is 0.0864. The number of nitrogens with zero attached hydrogens (tertiary/aromatic N) is 6. The number of nitrogens with one attached hydrogen (secondary N) is 2. The minimum Gasteiger partial charge on any atom is -0.497 e. The van der Waals surface area contributed by atoms with Crippen molar-refractivity contribution >= 4 is 35.4 Å². The van der Waals surface area contributed by atoms with E-state index in [0.717, 1.165) is 54.9 Å². The van der Waals surface area contributed by atoms with Gasteiger partial charge in [-0.1, -0.05) is 30.3 Å². The SMILES string of the molecule is COc1ccc(Nc2nc(N/N=C\c3ccc(-c4ccc([N+](=O)[O-])c(C)c4C)o3)nc(N3CCC(Cc4ccccc4)CC3)n2)cc1. The number of aromatic nitrogens is 3. The molecule has 12 heteroatoms. The van der Waals surface area contributed by atoms with E-state index in [9.17, 15) is 10.1 Å². The van der Waals surface area contributed by atoms with Crippen LogP contribution in [0.4, 0.5) is 29.2 Å². The van der Waals surface area contributed by atoms with Gasteiger partial charge in [0.1, 0.15) is 17.3 Å². The summed E-state index contributed by atoms with van der Waals surface area (Å²) in [6, 6.07) is 24.9. The van der Waals surface area contributed by atoms with Crippen molar-refractivity contribution in [1.29, 1.82) is 0 Å². The fourth-order valence-electron chi connectivity index (χ4n) is 5.69. The molecule has 0 aliphatic carbocycles. The Morgan fingerprint density at radius 2 is 1.70 bits per heavy atom. The summed E-state index contributed by atoms with van der Waals surface area (Å²) in [5.41, 5.74) is 7.35. The number of hydrogen-bond acceptors (Lipinski definition) is 11. The first-order valence-electron chi connectivity index (χ1n) is 15.5. The van der Waals surface area contributed by atoms with E-state index < -0.39 is 0 Å². The summed E-state index contributed by atoms with van der Waals surface area (Å²) in [6.07, 6.45) is 4.68. The number of hydrazone groups is 1. The summed E-state index contributed by atoms with van der Waals surface area (Å²) in [5, 5.41) is 18.9. The maximum atomic E-state index is 11.3. The molecule has 2 aromatic heterocycles. The third kappa shape index (κ3) is 7.55. The lowest BCUT2D eigenvalue weighted by atomic mass is 9.90. The van der Waals surface area contributed by atoms with Crippen LogP contribution in [-0.2, 0) is 6.42 Å². The molecule has 12 nitrogen and oxygen atoms in total. The number of nitro groups is 1. The highest BCUT2D eigenvalue weighted by Crippen LogP contribution is 2.32. The van der Waals surface area contributed by atoms with Gasteiger partial charge >= 0.3 is 0 Å². The van der Waals surface area contributed by atoms with Gasteiger partial charge in [0.15, 0.2) is 0 Å². The lowest BCUT2D eigenvalue weighted by molar-refractivity contribution is -0.385. The minimum atomic E-state index is -0.378. The molecular formula is C35H36N8O4.